The average molecular weight is 264 g/mol. The maximum absolute atomic E-state index is 5.86. The Morgan fingerprint density at radius 3 is 2.53 bits per heavy atom. The first kappa shape index (κ1) is 16.1. The van der Waals surface area contributed by atoms with Gasteiger partial charge in [0.2, 0.25) is 0 Å². The third kappa shape index (κ3) is 5.29. The summed E-state index contributed by atoms with van der Waals surface area (Å²) >= 11 is 0. The fourth-order valence-electron chi connectivity index (χ4n) is 2.33. The summed E-state index contributed by atoms with van der Waals surface area (Å²) in [5.41, 5.74) is 2.43. The zero-order valence-electron chi connectivity index (χ0n) is 12.8. The molecule has 1 N–H and O–H groups in total. The first-order chi connectivity index (χ1) is 9.24. The number of aryl methyl sites for hydroxylation is 1. The van der Waals surface area contributed by atoms with Crippen LogP contribution in [0.5, 0.6) is 0 Å². The van der Waals surface area contributed by atoms with Crippen molar-refractivity contribution in [3.8, 4) is 0 Å². The molecule has 0 saturated heterocycles. The molecule has 0 saturated carbocycles. The molecule has 3 heteroatoms. The monoisotopic (exact) mass is 264 g/mol. The van der Waals surface area contributed by atoms with Gasteiger partial charge in [-0.2, -0.15) is 0 Å². The van der Waals surface area contributed by atoms with Gasteiger partial charge in [0.1, 0.15) is 0 Å². The van der Waals surface area contributed by atoms with Crippen molar-refractivity contribution in [2.24, 2.45) is 0 Å². The van der Waals surface area contributed by atoms with E-state index in [1.54, 1.807) is 0 Å². The molecular weight excluding hydrogens is 236 g/mol. The van der Waals surface area contributed by atoms with Crippen LogP contribution in [0.4, 0.5) is 0 Å². The van der Waals surface area contributed by atoms with Gasteiger partial charge in [-0.1, -0.05) is 26.3 Å². The van der Waals surface area contributed by atoms with Crippen molar-refractivity contribution in [1.82, 2.24) is 10.3 Å². The molecule has 0 amide bonds. The zero-order chi connectivity index (χ0) is 14.1. The van der Waals surface area contributed by atoms with Crippen LogP contribution >= 0.6 is 0 Å². The van der Waals surface area contributed by atoms with Crippen LogP contribution in [-0.2, 0) is 17.6 Å². The Morgan fingerprint density at radius 1 is 1.26 bits per heavy atom. The van der Waals surface area contributed by atoms with Crippen molar-refractivity contribution in [2.45, 2.75) is 58.6 Å². The van der Waals surface area contributed by atoms with Crippen LogP contribution in [0.15, 0.2) is 18.3 Å². The lowest BCUT2D eigenvalue weighted by molar-refractivity contribution is 0.0298. The highest BCUT2D eigenvalue weighted by atomic mass is 16.5. The molecule has 0 fully saturated rings. The Morgan fingerprint density at radius 2 is 2.05 bits per heavy atom. The second-order valence-electron chi connectivity index (χ2n) is 4.89. The Kier molecular flexibility index (Phi) is 7.68. The van der Waals surface area contributed by atoms with Crippen molar-refractivity contribution in [2.75, 3.05) is 13.7 Å². The van der Waals surface area contributed by atoms with Gasteiger partial charge in [0.25, 0.3) is 0 Å². The Hall–Kier alpha value is -0.930. The van der Waals surface area contributed by atoms with Gasteiger partial charge < -0.3 is 10.1 Å². The van der Waals surface area contributed by atoms with E-state index in [1.807, 2.05) is 13.2 Å². The topological polar surface area (TPSA) is 34.1 Å². The number of aromatic nitrogens is 1. The number of pyridine rings is 1. The average Bonchev–Trinajstić information content (AvgIpc) is 2.45. The molecule has 1 aromatic heterocycles. The fourth-order valence-corrected chi connectivity index (χ4v) is 2.33. The Bertz CT molecular complexity index is 331. The van der Waals surface area contributed by atoms with E-state index in [-0.39, 0.29) is 6.10 Å². The number of nitrogens with zero attached hydrogens (tertiary/aromatic N) is 1. The highest BCUT2D eigenvalue weighted by Crippen LogP contribution is 2.12. The van der Waals surface area contributed by atoms with Gasteiger partial charge in [0.15, 0.2) is 0 Å². The van der Waals surface area contributed by atoms with Gasteiger partial charge in [-0.15, -0.1) is 0 Å². The molecule has 19 heavy (non-hydrogen) atoms. The van der Waals surface area contributed by atoms with Crippen LogP contribution in [-0.4, -0.2) is 30.8 Å². The summed E-state index contributed by atoms with van der Waals surface area (Å²) in [6, 6.07) is 4.64. The minimum Gasteiger partial charge on any atom is -0.377 e. The molecule has 3 nitrogen and oxygen atoms in total. The minimum absolute atomic E-state index is 0.271. The molecule has 1 heterocycles. The van der Waals surface area contributed by atoms with E-state index in [9.17, 15) is 0 Å². The molecule has 0 bridgehead atoms. The van der Waals surface area contributed by atoms with Gasteiger partial charge in [0.05, 0.1) is 6.10 Å². The molecule has 0 aliphatic carbocycles. The minimum atomic E-state index is 0.271. The van der Waals surface area contributed by atoms with Gasteiger partial charge in [-0.25, -0.2) is 0 Å². The lowest BCUT2D eigenvalue weighted by Gasteiger charge is -2.26. The number of likely N-dealkylation sites (N-methyl/N-ethyl adjacent to an activating group) is 1. The van der Waals surface area contributed by atoms with Crippen LogP contribution < -0.4 is 5.32 Å². The first-order valence-corrected chi connectivity index (χ1v) is 7.47. The maximum Gasteiger partial charge on any atom is 0.0731 e. The Labute approximate surface area is 117 Å². The molecule has 0 aromatic carbocycles. The van der Waals surface area contributed by atoms with E-state index < -0.39 is 0 Å². The van der Waals surface area contributed by atoms with Crippen molar-refractivity contribution in [3.63, 3.8) is 0 Å². The predicted molar refractivity (Wildman–Crippen MR) is 80.5 cm³/mol. The molecule has 1 aromatic rings. The summed E-state index contributed by atoms with van der Waals surface area (Å²) in [6.07, 6.45) is 6.45. The maximum atomic E-state index is 5.86. The standard InChI is InChI=1S/C16H28N2O/c1-5-8-16(19-7-3)15(17-4)11-14-10-9-13(6-2)12-18-14/h9-10,12,15-17H,5-8,11H2,1-4H3. The van der Waals surface area contributed by atoms with Crippen molar-refractivity contribution < 1.29 is 4.74 Å². The predicted octanol–water partition coefficient (Wildman–Crippen LogP) is 2.98. The normalized spacial score (nSPS) is 14.3. The van der Waals surface area contributed by atoms with E-state index in [0.717, 1.165) is 38.0 Å². The lowest BCUT2D eigenvalue weighted by atomic mass is 10.0. The number of ether oxygens (including phenoxy) is 1. The third-order valence-electron chi connectivity index (χ3n) is 3.50. The number of rotatable bonds is 9. The lowest BCUT2D eigenvalue weighted by Crippen LogP contribution is -2.41. The summed E-state index contributed by atoms with van der Waals surface area (Å²) < 4.78 is 5.86. The van der Waals surface area contributed by atoms with Gasteiger partial charge >= 0.3 is 0 Å². The van der Waals surface area contributed by atoms with Crippen LogP contribution in [0.2, 0.25) is 0 Å². The molecule has 0 spiro atoms. The molecule has 2 atom stereocenters. The molecule has 0 aliphatic rings. The van der Waals surface area contributed by atoms with Crippen LogP contribution in [0.25, 0.3) is 0 Å². The quantitative estimate of drug-likeness (QED) is 0.744. The molecule has 1 rings (SSSR count). The van der Waals surface area contributed by atoms with Crippen molar-refractivity contribution >= 4 is 0 Å². The second-order valence-corrected chi connectivity index (χ2v) is 4.89. The van der Waals surface area contributed by atoms with Crippen molar-refractivity contribution in [3.05, 3.63) is 29.6 Å². The molecule has 0 radical (unpaired) electrons. The summed E-state index contributed by atoms with van der Waals surface area (Å²) in [5, 5.41) is 3.38. The molecule has 108 valence electrons. The summed E-state index contributed by atoms with van der Waals surface area (Å²) in [6.45, 7) is 7.18. The van der Waals surface area contributed by atoms with E-state index >= 15 is 0 Å². The SMILES string of the molecule is CCCC(OCC)C(Cc1ccc(CC)cn1)NC. The van der Waals surface area contributed by atoms with Gasteiger partial charge in [-0.3, -0.25) is 4.98 Å². The van der Waals surface area contributed by atoms with E-state index in [2.05, 4.69) is 43.2 Å². The fraction of sp³-hybridized carbons (Fsp3) is 0.688. The third-order valence-corrected chi connectivity index (χ3v) is 3.50. The van der Waals surface area contributed by atoms with E-state index in [0.29, 0.717) is 6.04 Å². The molecular formula is C16H28N2O. The van der Waals surface area contributed by atoms with Crippen LogP contribution in [0.1, 0.15) is 44.9 Å². The van der Waals surface area contributed by atoms with E-state index in [4.69, 9.17) is 4.74 Å². The summed E-state index contributed by atoms with van der Waals surface area (Å²) in [7, 11) is 2.01. The smallest absolute Gasteiger partial charge is 0.0731 e. The van der Waals surface area contributed by atoms with Crippen molar-refractivity contribution in [1.29, 1.82) is 0 Å². The van der Waals surface area contributed by atoms with Gasteiger partial charge in [-0.05, 0) is 38.4 Å². The summed E-state index contributed by atoms with van der Waals surface area (Å²) in [4.78, 5) is 4.54. The van der Waals surface area contributed by atoms with E-state index in [1.165, 1.54) is 5.56 Å². The number of nitrogens with one attached hydrogen (secondary N) is 1. The number of hydrogen-bond donors (Lipinski definition) is 1. The second kappa shape index (κ2) is 9.05. The van der Waals surface area contributed by atoms with Crippen LogP contribution in [0.3, 0.4) is 0 Å². The first-order valence-electron chi connectivity index (χ1n) is 7.47. The van der Waals surface area contributed by atoms with Gasteiger partial charge in [0, 0.05) is 31.0 Å². The largest absolute Gasteiger partial charge is 0.377 e. The highest BCUT2D eigenvalue weighted by Gasteiger charge is 2.20. The molecule has 2 unspecified atom stereocenters. The summed E-state index contributed by atoms with van der Waals surface area (Å²) in [5.74, 6) is 0. The highest BCUT2D eigenvalue weighted by molar-refractivity contribution is 5.15. The van der Waals surface area contributed by atoms with Crippen LogP contribution in [0, 0.1) is 0 Å². The zero-order valence-corrected chi connectivity index (χ0v) is 12.8. The number of hydrogen-bond acceptors (Lipinski definition) is 3. The molecule has 0 aliphatic heterocycles. The Balaban J connectivity index is 2.67.